The molecule has 0 bridgehead atoms. The predicted molar refractivity (Wildman–Crippen MR) is 66.1 cm³/mol. The van der Waals surface area contributed by atoms with E-state index in [-0.39, 0.29) is 11.6 Å². The number of nitrogens with two attached hydrogens (primary N) is 1. The van der Waals surface area contributed by atoms with E-state index >= 15 is 0 Å². The standard InChI is InChI=1S/C11H15FN2OS/c1-7(16-2)6-14-11(15)9-4-3-8(12)5-10(9)13/h3-5,7H,6,13H2,1-2H3,(H,14,15). The van der Waals surface area contributed by atoms with Crippen molar-refractivity contribution >= 4 is 23.4 Å². The van der Waals surface area contributed by atoms with E-state index in [1.165, 1.54) is 12.1 Å². The fraction of sp³-hybridized carbons (Fsp3) is 0.364. The van der Waals surface area contributed by atoms with Crippen molar-refractivity contribution < 1.29 is 9.18 Å². The van der Waals surface area contributed by atoms with Crippen LogP contribution in [0, 0.1) is 5.82 Å². The SMILES string of the molecule is CSC(C)CNC(=O)c1ccc(F)cc1N. The smallest absolute Gasteiger partial charge is 0.253 e. The lowest BCUT2D eigenvalue weighted by Gasteiger charge is -2.11. The molecule has 5 heteroatoms. The van der Waals surface area contributed by atoms with Gasteiger partial charge in [-0.2, -0.15) is 11.8 Å². The number of benzene rings is 1. The zero-order chi connectivity index (χ0) is 12.1. The molecule has 0 aliphatic carbocycles. The second-order valence-corrected chi connectivity index (χ2v) is 4.76. The lowest BCUT2D eigenvalue weighted by atomic mass is 10.1. The van der Waals surface area contributed by atoms with Gasteiger partial charge in [-0.3, -0.25) is 4.79 Å². The highest BCUT2D eigenvalue weighted by atomic mass is 32.2. The number of hydrogen-bond acceptors (Lipinski definition) is 3. The van der Waals surface area contributed by atoms with Crippen LogP contribution in [0.25, 0.3) is 0 Å². The molecule has 0 aliphatic heterocycles. The number of rotatable bonds is 4. The molecule has 0 heterocycles. The third-order valence-electron chi connectivity index (χ3n) is 2.21. The maximum atomic E-state index is 12.8. The van der Waals surface area contributed by atoms with E-state index in [4.69, 9.17) is 5.73 Å². The Hall–Kier alpha value is -1.23. The molecule has 0 saturated heterocycles. The minimum Gasteiger partial charge on any atom is -0.398 e. The number of hydrogen-bond donors (Lipinski definition) is 2. The Morgan fingerprint density at radius 3 is 2.88 bits per heavy atom. The van der Waals surface area contributed by atoms with Crippen molar-refractivity contribution in [3.63, 3.8) is 0 Å². The molecule has 3 nitrogen and oxygen atoms in total. The predicted octanol–water partition coefficient (Wildman–Crippen LogP) is 1.89. The van der Waals surface area contributed by atoms with Crippen molar-refractivity contribution in [3.05, 3.63) is 29.6 Å². The Kier molecular flexibility index (Phi) is 4.61. The van der Waals surface area contributed by atoms with E-state index in [0.717, 1.165) is 6.07 Å². The van der Waals surface area contributed by atoms with Crippen LogP contribution in [-0.4, -0.2) is 24.0 Å². The third kappa shape index (κ3) is 3.41. The first kappa shape index (κ1) is 12.8. The number of amides is 1. The molecule has 1 amide bonds. The maximum absolute atomic E-state index is 12.8. The van der Waals surface area contributed by atoms with Crippen LogP contribution in [0.4, 0.5) is 10.1 Å². The van der Waals surface area contributed by atoms with E-state index in [1.54, 1.807) is 11.8 Å². The van der Waals surface area contributed by atoms with Gasteiger partial charge >= 0.3 is 0 Å². The van der Waals surface area contributed by atoms with Gasteiger partial charge in [0, 0.05) is 17.5 Å². The van der Waals surface area contributed by atoms with Crippen LogP contribution in [-0.2, 0) is 0 Å². The Labute approximate surface area is 98.6 Å². The number of halogens is 1. The van der Waals surface area contributed by atoms with Crippen molar-refractivity contribution in [3.8, 4) is 0 Å². The van der Waals surface area contributed by atoms with Gasteiger partial charge in [-0.1, -0.05) is 6.92 Å². The van der Waals surface area contributed by atoms with Gasteiger partial charge in [0.25, 0.3) is 5.91 Å². The Bertz CT molecular complexity index is 384. The first-order valence-electron chi connectivity index (χ1n) is 4.90. The second kappa shape index (κ2) is 5.75. The van der Waals surface area contributed by atoms with Gasteiger partial charge in [-0.15, -0.1) is 0 Å². The zero-order valence-corrected chi connectivity index (χ0v) is 10.1. The Balaban J connectivity index is 2.66. The molecule has 3 N–H and O–H groups in total. The molecule has 0 saturated carbocycles. The average Bonchev–Trinajstić information content (AvgIpc) is 2.25. The first-order chi connectivity index (χ1) is 7.54. The summed E-state index contributed by atoms with van der Waals surface area (Å²) in [6.07, 6.45) is 1.98. The van der Waals surface area contributed by atoms with E-state index in [9.17, 15) is 9.18 Å². The van der Waals surface area contributed by atoms with E-state index < -0.39 is 5.82 Å². The average molecular weight is 242 g/mol. The van der Waals surface area contributed by atoms with Crippen molar-refractivity contribution in [2.45, 2.75) is 12.2 Å². The maximum Gasteiger partial charge on any atom is 0.253 e. The molecule has 1 aromatic carbocycles. The molecule has 1 unspecified atom stereocenters. The van der Waals surface area contributed by atoms with Crippen LogP contribution in [0.1, 0.15) is 17.3 Å². The lowest BCUT2D eigenvalue weighted by molar-refractivity contribution is 0.0955. The molecule has 0 radical (unpaired) electrons. The minimum atomic E-state index is -0.438. The van der Waals surface area contributed by atoms with Crippen molar-refractivity contribution in [2.24, 2.45) is 0 Å². The number of anilines is 1. The summed E-state index contributed by atoms with van der Waals surface area (Å²) in [4.78, 5) is 11.7. The molecule has 0 aromatic heterocycles. The molecule has 1 rings (SSSR count). The summed E-state index contributed by atoms with van der Waals surface area (Å²) < 4.78 is 12.8. The Morgan fingerprint density at radius 1 is 1.62 bits per heavy atom. The summed E-state index contributed by atoms with van der Waals surface area (Å²) in [7, 11) is 0. The molecule has 0 fully saturated rings. The van der Waals surface area contributed by atoms with Crippen LogP contribution in [0.2, 0.25) is 0 Å². The number of nitrogen functional groups attached to an aromatic ring is 1. The summed E-state index contributed by atoms with van der Waals surface area (Å²) >= 11 is 1.66. The summed E-state index contributed by atoms with van der Waals surface area (Å²) in [5, 5.41) is 3.09. The summed E-state index contributed by atoms with van der Waals surface area (Å²) in [6.45, 7) is 2.58. The molecule has 88 valence electrons. The van der Waals surface area contributed by atoms with Crippen LogP contribution in [0.5, 0.6) is 0 Å². The van der Waals surface area contributed by atoms with Gasteiger partial charge in [0.05, 0.1) is 5.56 Å². The lowest BCUT2D eigenvalue weighted by Crippen LogP contribution is -2.29. The summed E-state index contributed by atoms with van der Waals surface area (Å²) in [5.74, 6) is -0.704. The summed E-state index contributed by atoms with van der Waals surface area (Å²) in [6, 6.07) is 3.76. The zero-order valence-electron chi connectivity index (χ0n) is 9.29. The molecule has 1 atom stereocenters. The summed E-state index contributed by atoms with van der Waals surface area (Å²) in [5.41, 5.74) is 6.03. The first-order valence-corrected chi connectivity index (χ1v) is 6.19. The molecular formula is C11H15FN2OS. The normalized spacial score (nSPS) is 12.2. The van der Waals surface area contributed by atoms with E-state index in [1.807, 2.05) is 13.2 Å². The Morgan fingerprint density at radius 2 is 2.31 bits per heavy atom. The van der Waals surface area contributed by atoms with Crippen LogP contribution >= 0.6 is 11.8 Å². The van der Waals surface area contributed by atoms with Gasteiger partial charge in [0.1, 0.15) is 5.82 Å². The number of carbonyl (C=O) groups is 1. The van der Waals surface area contributed by atoms with Gasteiger partial charge in [-0.25, -0.2) is 4.39 Å². The minimum absolute atomic E-state index is 0.161. The molecular weight excluding hydrogens is 227 g/mol. The molecule has 16 heavy (non-hydrogen) atoms. The van der Waals surface area contributed by atoms with Crippen LogP contribution in [0.3, 0.4) is 0 Å². The van der Waals surface area contributed by atoms with Crippen LogP contribution < -0.4 is 11.1 Å². The van der Waals surface area contributed by atoms with Crippen molar-refractivity contribution in [1.29, 1.82) is 0 Å². The molecule has 0 aliphatic rings. The largest absolute Gasteiger partial charge is 0.398 e. The highest BCUT2D eigenvalue weighted by molar-refractivity contribution is 7.99. The second-order valence-electron chi connectivity index (χ2n) is 3.49. The van der Waals surface area contributed by atoms with Gasteiger partial charge in [0.15, 0.2) is 0 Å². The van der Waals surface area contributed by atoms with Gasteiger partial charge in [-0.05, 0) is 24.5 Å². The highest BCUT2D eigenvalue weighted by Gasteiger charge is 2.10. The van der Waals surface area contributed by atoms with Crippen LogP contribution in [0.15, 0.2) is 18.2 Å². The topological polar surface area (TPSA) is 55.1 Å². The van der Waals surface area contributed by atoms with E-state index in [0.29, 0.717) is 17.4 Å². The molecule has 1 aromatic rings. The van der Waals surface area contributed by atoms with Crippen molar-refractivity contribution in [2.75, 3.05) is 18.5 Å². The number of thioether (sulfide) groups is 1. The third-order valence-corrected chi connectivity index (χ3v) is 3.18. The quantitative estimate of drug-likeness (QED) is 0.793. The van der Waals surface area contributed by atoms with Gasteiger partial charge < -0.3 is 11.1 Å². The monoisotopic (exact) mass is 242 g/mol. The fourth-order valence-corrected chi connectivity index (χ4v) is 1.41. The van der Waals surface area contributed by atoms with E-state index in [2.05, 4.69) is 5.32 Å². The molecule has 0 spiro atoms. The highest BCUT2D eigenvalue weighted by Crippen LogP contribution is 2.13. The fourth-order valence-electron chi connectivity index (χ4n) is 1.16. The number of nitrogens with one attached hydrogen (secondary N) is 1. The van der Waals surface area contributed by atoms with Gasteiger partial charge in [0.2, 0.25) is 0 Å². The number of carbonyl (C=O) groups excluding carboxylic acids is 1. The van der Waals surface area contributed by atoms with Crippen molar-refractivity contribution in [1.82, 2.24) is 5.32 Å².